The molecule has 1 aliphatic rings. The Labute approximate surface area is 113 Å². The molecule has 1 fully saturated rings. The van der Waals surface area contributed by atoms with Crippen molar-refractivity contribution in [2.75, 3.05) is 0 Å². The van der Waals surface area contributed by atoms with Crippen molar-refractivity contribution in [2.24, 2.45) is 5.41 Å². The molecule has 0 aliphatic heterocycles. The lowest BCUT2D eigenvalue weighted by Gasteiger charge is -2.47. The number of hydrogen-bond acceptors (Lipinski definition) is 1. The van der Waals surface area contributed by atoms with Crippen LogP contribution in [0.3, 0.4) is 0 Å². The lowest BCUT2D eigenvalue weighted by atomic mass is 9.62. The Morgan fingerprint density at radius 2 is 1.71 bits per heavy atom. The monoisotopic (exact) mass is 272 g/mol. The molecule has 1 aromatic carbocycles. The van der Waals surface area contributed by atoms with E-state index in [0.717, 1.165) is 24.8 Å². The van der Waals surface area contributed by atoms with Gasteiger partial charge in [0.25, 0.3) is 0 Å². The third-order valence-corrected chi connectivity index (χ3v) is 4.85. The second-order valence-corrected chi connectivity index (χ2v) is 6.39. The normalized spacial score (nSPS) is 28.1. The molecule has 0 spiro atoms. The summed E-state index contributed by atoms with van der Waals surface area (Å²) in [7, 11) is 0. The molecule has 0 aromatic heterocycles. The summed E-state index contributed by atoms with van der Waals surface area (Å²) < 4.78 is 0. The molecule has 0 saturated heterocycles. The van der Waals surface area contributed by atoms with Crippen LogP contribution in [0.15, 0.2) is 18.2 Å². The van der Waals surface area contributed by atoms with Gasteiger partial charge in [0, 0.05) is 0 Å². The zero-order chi connectivity index (χ0) is 12.7. The van der Waals surface area contributed by atoms with Crippen molar-refractivity contribution in [1.82, 2.24) is 0 Å². The Balaban J connectivity index is 2.45. The maximum Gasteiger partial charge on any atom is 0.0947 e. The van der Waals surface area contributed by atoms with Crippen molar-refractivity contribution in [3.05, 3.63) is 33.8 Å². The van der Waals surface area contributed by atoms with Gasteiger partial charge in [0.2, 0.25) is 0 Å². The van der Waals surface area contributed by atoms with E-state index in [4.69, 9.17) is 23.2 Å². The lowest BCUT2D eigenvalue weighted by molar-refractivity contribution is -0.103. The molecule has 1 N–H and O–H groups in total. The Bertz CT molecular complexity index is 428. The van der Waals surface area contributed by atoms with E-state index in [2.05, 4.69) is 13.8 Å². The van der Waals surface area contributed by atoms with Gasteiger partial charge in [0.05, 0.1) is 15.6 Å². The van der Waals surface area contributed by atoms with E-state index in [1.54, 1.807) is 12.1 Å². The lowest BCUT2D eigenvalue weighted by Crippen LogP contribution is -2.44. The molecule has 0 amide bonds. The van der Waals surface area contributed by atoms with Gasteiger partial charge in [-0.3, -0.25) is 0 Å². The molecule has 3 heteroatoms. The van der Waals surface area contributed by atoms with Crippen molar-refractivity contribution in [2.45, 2.75) is 45.1 Å². The standard InChI is InChI=1S/C14H18Cl2O/c1-13(2)7-3-4-8-14(13,17)10-5-6-11(15)12(16)9-10/h5-6,9,17H,3-4,7-8H2,1-2H3. The predicted molar refractivity (Wildman–Crippen MR) is 72.6 cm³/mol. The molecule has 1 atom stereocenters. The third kappa shape index (κ3) is 2.21. The Hall–Kier alpha value is -0.240. The van der Waals surface area contributed by atoms with Gasteiger partial charge in [-0.15, -0.1) is 0 Å². The molecule has 1 aromatic rings. The van der Waals surface area contributed by atoms with Gasteiger partial charge in [-0.05, 0) is 36.0 Å². The largest absolute Gasteiger partial charge is 0.385 e. The van der Waals surface area contributed by atoms with Gasteiger partial charge < -0.3 is 5.11 Å². The van der Waals surface area contributed by atoms with E-state index >= 15 is 0 Å². The number of halogens is 2. The fraction of sp³-hybridized carbons (Fsp3) is 0.571. The summed E-state index contributed by atoms with van der Waals surface area (Å²) in [6, 6.07) is 5.46. The number of benzene rings is 1. The Morgan fingerprint density at radius 1 is 1.06 bits per heavy atom. The topological polar surface area (TPSA) is 20.2 Å². The zero-order valence-electron chi connectivity index (χ0n) is 10.3. The molecular weight excluding hydrogens is 255 g/mol. The average Bonchev–Trinajstić information content (AvgIpc) is 2.26. The van der Waals surface area contributed by atoms with E-state index in [0.29, 0.717) is 10.0 Å². The molecule has 17 heavy (non-hydrogen) atoms. The molecule has 94 valence electrons. The molecule has 2 rings (SSSR count). The van der Waals surface area contributed by atoms with Crippen LogP contribution in [0.5, 0.6) is 0 Å². The van der Waals surface area contributed by atoms with Gasteiger partial charge in [-0.1, -0.05) is 56.0 Å². The molecule has 1 aliphatic carbocycles. The summed E-state index contributed by atoms with van der Waals surface area (Å²) in [5.41, 5.74) is -0.0291. The summed E-state index contributed by atoms with van der Waals surface area (Å²) >= 11 is 12.0. The highest BCUT2D eigenvalue weighted by molar-refractivity contribution is 6.42. The minimum Gasteiger partial charge on any atom is -0.385 e. The Morgan fingerprint density at radius 3 is 2.29 bits per heavy atom. The minimum absolute atomic E-state index is 0.123. The summed E-state index contributed by atoms with van der Waals surface area (Å²) in [6.45, 7) is 4.24. The molecule has 0 radical (unpaired) electrons. The quantitative estimate of drug-likeness (QED) is 0.780. The molecular formula is C14H18Cl2O. The average molecular weight is 273 g/mol. The van der Waals surface area contributed by atoms with Crippen LogP contribution in [0.4, 0.5) is 0 Å². The first-order valence-corrected chi connectivity index (χ1v) is 6.80. The molecule has 0 bridgehead atoms. The van der Waals surface area contributed by atoms with E-state index in [1.807, 2.05) is 6.07 Å². The van der Waals surface area contributed by atoms with E-state index < -0.39 is 5.60 Å². The van der Waals surface area contributed by atoms with Gasteiger partial charge >= 0.3 is 0 Å². The smallest absolute Gasteiger partial charge is 0.0947 e. The number of rotatable bonds is 1. The molecule has 1 unspecified atom stereocenters. The van der Waals surface area contributed by atoms with Crippen LogP contribution in [-0.4, -0.2) is 5.11 Å². The van der Waals surface area contributed by atoms with Crippen molar-refractivity contribution >= 4 is 23.2 Å². The van der Waals surface area contributed by atoms with Crippen molar-refractivity contribution in [3.63, 3.8) is 0 Å². The highest BCUT2D eigenvalue weighted by Crippen LogP contribution is 2.50. The molecule has 0 heterocycles. The minimum atomic E-state index is -0.792. The van der Waals surface area contributed by atoms with Crippen LogP contribution >= 0.6 is 23.2 Å². The summed E-state index contributed by atoms with van der Waals surface area (Å²) in [5.74, 6) is 0. The summed E-state index contributed by atoms with van der Waals surface area (Å²) in [4.78, 5) is 0. The first kappa shape index (κ1) is 13.2. The number of aliphatic hydroxyl groups is 1. The second-order valence-electron chi connectivity index (χ2n) is 5.58. The van der Waals surface area contributed by atoms with Crippen LogP contribution in [0, 0.1) is 5.41 Å². The van der Waals surface area contributed by atoms with Gasteiger partial charge in [0.15, 0.2) is 0 Å². The Kier molecular flexibility index (Phi) is 3.46. The maximum absolute atomic E-state index is 11.0. The summed E-state index contributed by atoms with van der Waals surface area (Å²) in [6.07, 6.45) is 4.05. The maximum atomic E-state index is 11.0. The van der Waals surface area contributed by atoms with Crippen LogP contribution in [-0.2, 0) is 5.60 Å². The van der Waals surface area contributed by atoms with Crippen LogP contribution in [0.25, 0.3) is 0 Å². The van der Waals surface area contributed by atoms with Crippen LogP contribution in [0.2, 0.25) is 10.0 Å². The fourth-order valence-electron chi connectivity index (χ4n) is 2.78. The highest BCUT2D eigenvalue weighted by Gasteiger charge is 2.46. The van der Waals surface area contributed by atoms with Crippen molar-refractivity contribution in [1.29, 1.82) is 0 Å². The van der Waals surface area contributed by atoms with Gasteiger partial charge in [-0.2, -0.15) is 0 Å². The first-order valence-electron chi connectivity index (χ1n) is 6.05. The van der Waals surface area contributed by atoms with Crippen molar-refractivity contribution < 1.29 is 5.11 Å². The highest BCUT2D eigenvalue weighted by atomic mass is 35.5. The second kappa shape index (κ2) is 4.46. The zero-order valence-corrected chi connectivity index (χ0v) is 11.8. The van der Waals surface area contributed by atoms with E-state index in [9.17, 15) is 5.11 Å². The molecule has 1 saturated carbocycles. The van der Waals surface area contributed by atoms with Crippen LogP contribution < -0.4 is 0 Å². The van der Waals surface area contributed by atoms with Gasteiger partial charge in [-0.25, -0.2) is 0 Å². The summed E-state index contributed by atoms with van der Waals surface area (Å²) in [5, 5.41) is 12.0. The van der Waals surface area contributed by atoms with E-state index in [-0.39, 0.29) is 5.41 Å². The first-order chi connectivity index (χ1) is 7.87. The number of hydrogen-bond donors (Lipinski definition) is 1. The molecule has 1 nitrogen and oxygen atoms in total. The van der Waals surface area contributed by atoms with E-state index in [1.165, 1.54) is 6.42 Å². The van der Waals surface area contributed by atoms with Gasteiger partial charge in [0.1, 0.15) is 0 Å². The van der Waals surface area contributed by atoms with Crippen LogP contribution in [0.1, 0.15) is 45.1 Å². The van der Waals surface area contributed by atoms with Crippen molar-refractivity contribution in [3.8, 4) is 0 Å². The fourth-order valence-corrected chi connectivity index (χ4v) is 3.08. The third-order valence-electron chi connectivity index (χ3n) is 4.11. The predicted octanol–water partition coefficient (Wildman–Crippen LogP) is 4.78. The SMILES string of the molecule is CC1(C)CCCCC1(O)c1ccc(Cl)c(Cl)c1.